The Hall–Kier alpha value is -0.860. The van der Waals surface area contributed by atoms with E-state index >= 15 is 0 Å². The van der Waals surface area contributed by atoms with Crippen molar-refractivity contribution in [3.05, 3.63) is 35.9 Å². The number of aliphatic hydroxyl groups excluding tert-OH is 1. The van der Waals surface area contributed by atoms with E-state index in [4.69, 9.17) is 0 Å². The van der Waals surface area contributed by atoms with Crippen LogP contribution in [0.1, 0.15) is 25.8 Å². The molecule has 0 aliphatic heterocycles. The van der Waals surface area contributed by atoms with Crippen LogP contribution in [0.2, 0.25) is 0 Å². The van der Waals surface area contributed by atoms with Crippen LogP contribution in [0.4, 0.5) is 0 Å². The molecule has 1 aromatic carbocycles. The zero-order valence-corrected chi connectivity index (χ0v) is 10.3. The molecule has 0 aliphatic rings. The molecule has 0 unspecified atom stereocenters. The molecule has 0 spiro atoms. The number of aryl methyl sites for hydroxylation is 1. The van der Waals surface area contributed by atoms with Crippen LogP contribution in [-0.2, 0) is 6.42 Å². The number of aliphatic hydroxyl groups is 1. The Morgan fingerprint density at radius 3 is 2.44 bits per heavy atom. The van der Waals surface area contributed by atoms with Crippen molar-refractivity contribution in [3.8, 4) is 0 Å². The molecule has 0 heterocycles. The summed E-state index contributed by atoms with van der Waals surface area (Å²) in [5.41, 5.74) is 1.30. The maximum atomic E-state index is 9.76. The first-order valence-corrected chi connectivity index (χ1v) is 6.11. The van der Waals surface area contributed by atoms with Gasteiger partial charge in [0.1, 0.15) is 0 Å². The maximum absolute atomic E-state index is 9.76. The van der Waals surface area contributed by atoms with Gasteiger partial charge >= 0.3 is 0 Å². The maximum Gasteiger partial charge on any atom is 0.0667 e. The highest BCUT2D eigenvalue weighted by Crippen LogP contribution is 2.04. The highest BCUT2D eigenvalue weighted by atomic mass is 16.3. The second kappa shape index (κ2) is 7.42. The minimum Gasteiger partial charge on any atom is -0.392 e. The van der Waals surface area contributed by atoms with Gasteiger partial charge in [0.15, 0.2) is 0 Å². The Morgan fingerprint density at radius 2 is 1.81 bits per heavy atom. The number of rotatable bonds is 7. The van der Waals surface area contributed by atoms with Gasteiger partial charge in [0.2, 0.25) is 0 Å². The molecular weight excluding hydrogens is 198 g/mol. The van der Waals surface area contributed by atoms with Crippen molar-refractivity contribution in [1.82, 2.24) is 5.32 Å². The van der Waals surface area contributed by atoms with Crippen molar-refractivity contribution >= 4 is 0 Å². The molecular formula is C14H23NO. The van der Waals surface area contributed by atoms with E-state index in [0.29, 0.717) is 12.5 Å². The van der Waals surface area contributed by atoms with E-state index in [1.807, 2.05) is 18.2 Å². The lowest BCUT2D eigenvalue weighted by molar-refractivity contribution is 0.161. The summed E-state index contributed by atoms with van der Waals surface area (Å²) in [4.78, 5) is 0. The van der Waals surface area contributed by atoms with Crippen molar-refractivity contribution in [2.75, 3.05) is 13.1 Å². The molecule has 0 saturated carbocycles. The summed E-state index contributed by atoms with van der Waals surface area (Å²) in [7, 11) is 0. The largest absolute Gasteiger partial charge is 0.392 e. The smallest absolute Gasteiger partial charge is 0.0667 e. The van der Waals surface area contributed by atoms with Gasteiger partial charge < -0.3 is 10.4 Å². The summed E-state index contributed by atoms with van der Waals surface area (Å²) < 4.78 is 0. The fourth-order valence-electron chi connectivity index (χ4n) is 1.62. The minimum atomic E-state index is -0.237. The van der Waals surface area contributed by atoms with E-state index in [1.54, 1.807) is 0 Å². The molecule has 0 bridgehead atoms. The lowest BCUT2D eigenvalue weighted by atomic mass is 10.1. The Bertz CT molecular complexity index is 271. The molecule has 0 fully saturated rings. The van der Waals surface area contributed by atoms with Gasteiger partial charge in [0, 0.05) is 6.54 Å². The molecule has 0 amide bonds. The van der Waals surface area contributed by atoms with E-state index in [0.717, 1.165) is 19.4 Å². The van der Waals surface area contributed by atoms with Crippen molar-refractivity contribution in [2.45, 2.75) is 32.8 Å². The van der Waals surface area contributed by atoms with Crippen LogP contribution in [0.15, 0.2) is 30.3 Å². The first kappa shape index (κ1) is 13.2. The fourth-order valence-corrected chi connectivity index (χ4v) is 1.62. The Morgan fingerprint density at radius 1 is 1.12 bits per heavy atom. The van der Waals surface area contributed by atoms with Crippen molar-refractivity contribution < 1.29 is 5.11 Å². The molecule has 0 saturated heterocycles. The topological polar surface area (TPSA) is 32.3 Å². The zero-order valence-electron chi connectivity index (χ0n) is 10.3. The summed E-state index contributed by atoms with van der Waals surface area (Å²) >= 11 is 0. The summed E-state index contributed by atoms with van der Waals surface area (Å²) in [5.74, 6) is 0.640. The Balaban J connectivity index is 2.13. The monoisotopic (exact) mass is 221 g/mol. The van der Waals surface area contributed by atoms with Crippen LogP contribution in [0.5, 0.6) is 0 Å². The van der Waals surface area contributed by atoms with Gasteiger partial charge in [-0.05, 0) is 30.9 Å². The number of hydrogen-bond donors (Lipinski definition) is 2. The van der Waals surface area contributed by atoms with Gasteiger partial charge in [0.25, 0.3) is 0 Å². The standard InChI is InChI=1S/C14H23NO/c1-12(2)10-15-11-14(16)9-8-13-6-4-3-5-7-13/h3-7,12,14-16H,8-11H2,1-2H3/t14-/m1/s1. The van der Waals surface area contributed by atoms with E-state index in [-0.39, 0.29) is 6.10 Å². The highest BCUT2D eigenvalue weighted by molar-refractivity contribution is 5.14. The summed E-state index contributed by atoms with van der Waals surface area (Å²) in [6.07, 6.45) is 1.54. The molecule has 1 aromatic rings. The minimum absolute atomic E-state index is 0.237. The molecule has 1 rings (SSSR count). The van der Waals surface area contributed by atoms with Crippen molar-refractivity contribution in [1.29, 1.82) is 0 Å². The predicted octanol–water partition coefficient (Wildman–Crippen LogP) is 2.23. The average molecular weight is 221 g/mol. The quantitative estimate of drug-likeness (QED) is 0.740. The SMILES string of the molecule is CC(C)CNC[C@H](O)CCc1ccccc1. The lowest BCUT2D eigenvalue weighted by Gasteiger charge is -2.13. The second-order valence-corrected chi connectivity index (χ2v) is 4.73. The van der Waals surface area contributed by atoms with E-state index in [1.165, 1.54) is 5.56 Å². The average Bonchev–Trinajstić information content (AvgIpc) is 2.27. The molecule has 2 nitrogen and oxygen atoms in total. The summed E-state index contributed by atoms with van der Waals surface area (Å²) in [5, 5.41) is 13.0. The molecule has 1 atom stereocenters. The van der Waals surface area contributed by atoms with E-state index in [2.05, 4.69) is 31.3 Å². The fraction of sp³-hybridized carbons (Fsp3) is 0.571. The normalized spacial score (nSPS) is 13.0. The molecule has 90 valence electrons. The van der Waals surface area contributed by atoms with Crippen molar-refractivity contribution in [3.63, 3.8) is 0 Å². The van der Waals surface area contributed by atoms with Crippen LogP contribution in [0, 0.1) is 5.92 Å². The van der Waals surface area contributed by atoms with Crippen LogP contribution < -0.4 is 5.32 Å². The summed E-state index contributed by atoms with van der Waals surface area (Å²) in [6, 6.07) is 10.3. The predicted molar refractivity (Wildman–Crippen MR) is 68.5 cm³/mol. The third-order valence-electron chi connectivity index (χ3n) is 2.54. The van der Waals surface area contributed by atoms with E-state index in [9.17, 15) is 5.11 Å². The molecule has 2 N–H and O–H groups in total. The first-order valence-electron chi connectivity index (χ1n) is 6.11. The second-order valence-electron chi connectivity index (χ2n) is 4.73. The molecule has 16 heavy (non-hydrogen) atoms. The van der Waals surface area contributed by atoms with Crippen LogP contribution in [0.3, 0.4) is 0 Å². The lowest BCUT2D eigenvalue weighted by Crippen LogP contribution is -2.29. The highest BCUT2D eigenvalue weighted by Gasteiger charge is 2.04. The number of benzene rings is 1. The van der Waals surface area contributed by atoms with Gasteiger partial charge in [-0.25, -0.2) is 0 Å². The van der Waals surface area contributed by atoms with Crippen LogP contribution in [-0.4, -0.2) is 24.3 Å². The van der Waals surface area contributed by atoms with Gasteiger partial charge in [-0.1, -0.05) is 44.2 Å². The zero-order chi connectivity index (χ0) is 11.8. The molecule has 0 radical (unpaired) electrons. The van der Waals surface area contributed by atoms with Crippen LogP contribution >= 0.6 is 0 Å². The third kappa shape index (κ3) is 5.89. The van der Waals surface area contributed by atoms with Crippen LogP contribution in [0.25, 0.3) is 0 Å². The van der Waals surface area contributed by atoms with Gasteiger partial charge in [-0.15, -0.1) is 0 Å². The first-order chi connectivity index (χ1) is 7.68. The van der Waals surface area contributed by atoms with E-state index < -0.39 is 0 Å². The number of nitrogens with one attached hydrogen (secondary N) is 1. The molecule has 2 heteroatoms. The van der Waals surface area contributed by atoms with Gasteiger partial charge in [-0.2, -0.15) is 0 Å². The molecule has 0 aliphatic carbocycles. The van der Waals surface area contributed by atoms with Crippen molar-refractivity contribution in [2.24, 2.45) is 5.92 Å². The van der Waals surface area contributed by atoms with Gasteiger partial charge in [-0.3, -0.25) is 0 Å². The Kier molecular flexibility index (Phi) is 6.12. The Labute approximate surface area is 98.7 Å². The third-order valence-corrected chi connectivity index (χ3v) is 2.54. The summed E-state index contributed by atoms with van der Waals surface area (Å²) in [6.45, 7) is 6.01. The van der Waals surface area contributed by atoms with Gasteiger partial charge in [0.05, 0.1) is 6.10 Å². The number of hydrogen-bond acceptors (Lipinski definition) is 2. The molecule has 0 aromatic heterocycles.